The summed E-state index contributed by atoms with van der Waals surface area (Å²) in [6.45, 7) is 2.61. The van der Waals surface area contributed by atoms with Gasteiger partial charge in [0.05, 0.1) is 32.2 Å². The number of rotatable bonds is 9. The Balaban J connectivity index is 0.000000413. The van der Waals surface area contributed by atoms with Crippen LogP contribution in [0.25, 0.3) is 0 Å². The van der Waals surface area contributed by atoms with E-state index in [1.165, 1.54) is 6.92 Å². The molecule has 0 aliphatic heterocycles. The maximum Gasteiger partial charge on any atom is 0.416 e. The molecule has 230 valence electrons. The first-order valence-electron chi connectivity index (χ1n) is 12.1. The van der Waals surface area contributed by atoms with Gasteiger partial charge >= 0.3 is 18.1 Å². The zero-order chi connectivity index (χ0) is 32.3. The lowest BCUT2D eigenvalue weighted by molar-refractivity contribution is -0.385. The smallest absolute Gasteiger partial charge is 0.416 e. The number of carbonyl (C=O) groups is 3. The van der Waals surface area contributed by atoms with Crippen LogP contribution in [0, 0.1) is 10.1 Å². The van der Waals surface area contributed by atoms with E-state index in [1.807, 2.05) is 0 Å². The Hall–Kier alpha value is -4.07. The van der Waals surface area contributed by atoms with Gasteiger partial charge in [0.25, 0.3) is 5.69 Å². The number of hydrogen-bond donors (Lipinski definition) is 1. The van der Waals surface area contributed by atoms with Crippen LogP contribution >= 0.6 is 34.8 Å². The van der Waals surface area contributed by atoms with Gasteiger partial charge in [0.1, 0.15) is 17.1 Å². The number of hydrogen-bond acceptors (Lipinski definition) is 8. The Morgan fingerprint density at radius 2 is 1.60 bits per heavy atom. The van der Waals surface area contributed by atoms with Crippen LogP contribution < -0.4 is 10.1 Å². The highest BCUT2D eigenvalue weighted by molar-refractivity contribution is 6.42. The van der Waals surface area contributed by atoms with Gasteiger partial charge in [0, 0.05) is 24.2 Å². The Kier molecular flexibility index (Phi) is 13.0. The average molecular weight is 666 g/mol. The molecular weight excluding hydrogens is 644 g/mol. The first kappa shape index (κ1) is 35.1. The number of alkyl halides is 3. The number of amides is 1. The van der Waals surface area contributed by atoms with Crippen molar-refractivity contribution in [3.8, 4) is 11.5 Å². The fraction of sp³-hybridized carbons (Fsp3) is 0.222. The van der Waals surface area contributed by atoms with Crippen molar-refractivity contribution in [2.24, 2.45) is 0 Å². The van der Waals surface area contributed by atoms with Gasteiger partial charge < -0.3 is 19.5 Å². The monoisotopic (exact) mass is 664 g/mol. The van der Waals surface area contributed by atoms with Crippen molar-refractivity contribution in [2.45, 2.75) is 26.4 Å². The minimum atomic E-state index is -4.61. The van der Waals surface area contributed by atoms with Crippen molar-refractivity contribution >= 4 is 64.0 Å². The molecule has 3 aromatic carbocycles. The maximum absolute atomic E-state index is 12.7. The van der Waals surface area contributed by atoms with Crippen LogP contribution in [0.5, 0.6) is 11.5 Å². The van der Waals surface area contributed by atoms with Gasteiger partial charge in [-0.25, -0.2) is 9.59 Å². The van der Waals surface area contributed by atoms with E-state index in [0.29, 0.717) is 28.2 Å². The van der Waals surface area contributed by atoms with E-state index in [0.717, 1.165) is 30.3 Å². The third-order valence-electron chi connectivity index (χ3n) is 5.02. The minimum Gasteiger partial charge on any atom is -0.463 e. The third-order valence-corrected chi connectivity index (χ3v) is 6.06. The molecule has 0 spiro atoms. The fourth-order valence-corrected chi connectivity index (χ4v) is 3.53. The van der Waals surface area contributed by atoms with Crippen LogP contribution in [-0.4, -0.2) is 36.0 Å². The number of nitro groups is 1. The lowest BCUT2D eigenvalue weighted by Crippen LogP contribution is -2.17. The van der Waals surface area contributed by atoms with Crippen LogP contribution in [0.15, 0.2) is 54.6 Å². The van der Waals surface area contributed by atoms with E-state index in [2.05, 4.69) is 10.1 Å². The van der Waals surface area contributed by atoms with Gasteiger partial charge in [0.15, 0.2) is 6.61 Å². The lowest BCUT2D eigenvalue weighted by Gasteiger charge is -2.12. The molecule has 3 aromatic rings. The summed E-state index contributed by atoms with van der Waals surface area (Å²) in [6.07, 6.45) is -4.16. The van der Waals surface area contributed by atoms with Crippen molar-refractivity contribution in [1.82, 2.24) is 0 Å². The van der Waals surface area contributed by atoms with Crippen molar-refractivity contribution in [3.05, 3.63) is 90.9 Å². The molecule has 3 rings (SSSR count). The summed E-state index contributed by atoms with van der Waals surface area (Å²) in [5.41, 5.74) is -1.49. The molecule has 0 heterocycles. The Labute approximate surface area is 257 Å². The van der Waals surface area contributed by atoms with Crippen LogP contribution in [0.2, 0.25) is 15.1 Å². The number of nitrogens with zero attached hydrogens (tertiary/aromatic N) is 1. The molecular formula is C27H22Cl3F3N2O8. The van der Waals surface area contributed by atoms with Gasteiger partial charge in [-0.1, -0.05) is 41.7 Å². The topological polar surface area (TPSA) is 134 Å². The number of ether oxygens (including phenoxy) is 3. The van der Waals surface area contributed by atoms with Gasteiger partial charge in [0.2, 0.25) is 5.91 Å². The molecule has 0 saturated heterocycles. The zero-order valence-corrected chi connectivity index (χ0v) is 24.6. The van der Waals surface area contributed by atoms with Gasteiger partial charge in [-0.15, -0.1) is 0 Å². The Morgan fingerprint density at radius 1 is 0.907 bits per heavy atom. The summed E-state index contributed by atoms with van der Waals surface area (Å²) in [4.78, 5) is 44.8. The molecule has 1 N–H and O–H groups in total. The van der Waals surface area contributed by atoms with Crippen LogP contribution in [0.4, 0.5) is 24.5 Å². The largest absolute Gasteiger partial charge is 0.463 e. The molecule has 0 bridgehead atoms. The summed E-state index contributed by atoms with van der Waals surface area (Å²) in [7, 11) is 0. The number of halogens is 6. The van der Waals surface area contributed by atoms with Crippen molar-refractivity contribution in [2.75, 3.05) is 18.5 Å². The molecule has 16 heteroatoms. The number of nitrogens with one attached hydrogen (secondary N) is 1. The Bertz CT molecular complexity index is 1500. The minimum absolute atomic E-state index is 0.0432. The maximum atomic E-state index is 12.7. The molecule has 0 aliphatic carbocycles. The SMILES string of the molecule is CCC(=O)Nc1ccc(Cl)c(Cl)c1.CCOC(=O)COC(=O)c1cc(Oc2ccc(C(F)(F)F)cc2Cl)ccc1[N+](=O)[O-]. The number of benzene rings is 3. The normalized spacial score (nSPS) is 10.6. The van der Waals surface area contributed by atoms with E-state index in [9.17, 15) is 37.7 Å². The number of carbonyl (C=O) groups excluding carboxylic acids is 3. The second-order valence-corrected chi connectivity index (χ2v) is 9.31. The van der Waals surface area contributed by atoms with Gasteiger partial charge in [-0.05, 0) is 49.4 Å². The number of nitro benzene ring substituents is 1. The Morgan fingerprint density at radius 3 is 2.16 bits per heavy atom. The predicted octanol–water partition coefficient (Wildman–Crippen LogP) is 8.12. The predicted molar refractivity (Wildman–Crippen MR) is 152 cm³/mol. The van der Waals surface area contributed by atoms with E-state index in [4.69, 9.17) is 44.3 Å². The van der Waals surface area contributed by atoms with E-state index in [-0.39, 0.29) is 29.0 Å². The van der Waals surface area contributed by atoms with Crippen molar-refractivity contribution in [3.63, 3.8) is 0 Å². The number of esters is 2. The summed E-state index contributed by atoms with van der Waals surface area (Å²) in [6, 6.07) is 10.3. The summed E-state index contributed by atoms with van der Waals surface area (Å²) < 4.78 is 52.8. The highest BCUT2D eigenvalue weighted by Gasteiger charge is 2.31. The summed E-state index contributed by atoms with van der Waals surface area (Å²) >= 11 is 17.3. The van der Waals surface area contributed by atoms with E-state index < -0.39 is 46.5 Å². The van der Waals surface area contributed by atoms with Crippen molar-refractivity contribution in [1.29, 1.82) is 0 Å². The second-order valence-electron chi connectivity index (χ2n) is 8.09. The molecule has 0 aliphatic rings. The molecule has 0 radical (unpaired) electrons. The molecule has 0 fully saturated rings. The van der Waals surface area contributed by atoms with E-state index in [1.54, 1.807) is 25.1 Å². The average Bonchev–Trinajstić information content (AvgIpc) is 2.94. The molecule has 0 unspecified atom stereocenters. The van der Waals surface area contributed by atoms with Crippen LogP contribution in [0.3, 0.4) is 0 Å². The van der Waals surface area contributed by atoms with E-state index >= 15 is 0 Å². The molecule has 10 nitrogen and oxygen atoms in total. The molecule has 0 saturated carbocycles. The second kappa shape index (κ2) is 16.0. The fourth-order valence-electron chi connectivity index (χ4n) is 3.02. The molecule has 1 amide bonds. The number of anilines is 1. The van der Waals surface area contributed by atoms with Gasteiger partial charge in [-0.2, -0.15) is 13.2 Å². The summed E-state index contributed by atoms with van der Waals surface area (Å²) in [5.74, 6) is -2.40. The molecule has 0 atom stereocenters. The molecule has 43 heavy (non-hydrogen) atoms. The van der Waals surface area contributed by atoms with Gasteiger partial charge in [-0.3, -0.25) is 14.9 Å². The first-order valence-corrected chi connectivity index (χ1v) is 13.2. The lowest BCUT2D eigenvalue weighted by atomic mass is 10.1. The zero-order valence-electron chi connectivity index (χ0n) is 22.3. The third kappa shape index (κ3) is 10.9. The van der Waals surface area contributed by atoms with Crippen LogP contribution in [-0.2, 0) is 25.2 Å². The quantitative estimate of drug-likeness (QED) is 0.138. The first-order chi connectivity index (χ1) is 20.2. The standard InChI is InChI=1S/C18H13ClF3NO7.C9H9Cl2NO/c1-2-28-16(24)9-29-17(25)12-8-11(4-5-14(12)23(26)27)30-15-6-3-10(7-13(15)19)18(20,21)22;1-2-9(13)12-6-3-4-7(10)8(11)5-6/h3-8H,2,9H2,1H3;3-5H,2H2,1H3,(H,12,13). The molecule has 0 aromatic heterocycles. The summed E-state index contributed by atoms with van der Waals surface area (Å²) in [5, 5.41) is 14.4. The van der Waals surface area contributed by atoms with Crippen molar-refractivity contribution < 1.29 is 46.7 Å². The van der Waals surface area contributed by atoms with Crippen LogP contribution in [0.1, 0.15) is 36.2 Å². The highest BCUT2D eigenvalue weighted by Crippen LogP contribution is 2.37. The highest BCUT2D eigenvalue weighted by atomic mass is 35.5.